The molecule has 2 aliphatic heterocycles. The average Bonchev–Trinajstić information content (AvgIpc) is 2.62. The molecule has 1 fully saturated rings. The maximum absolute atomic E-state index is 12.3. The van der Waals surface area contributed by atoms with Crippen LogP contribution in [-0.4, -0.2) is 64.9 Å². The van der Waals surface area contributed by atoms with Gasteiger partial charge in [0, 0.05) is 44.5 Å². The van der Waals surface area contributed by atoms with Gasteiger partial charge in [0.05, 0.1) is 22.8 Å². The zero-order chi connectivity index (χ0) is 19.6. The molecule has 2 aliphatic rings. The summed E-state index contributed by atoms with van der Waals surface area (Å²) in [5, 5.41) is 10.5. The van der Waals surface area contributed by atoms with Crippen LogP contribution < -0.4 is 4.90 Å². The second-order valence-electron chi connectivity index (χ2n) is 7.79. The summed E-state index contributed by atoms with van der Waals surface area (Å²) in [6.07, 6.45) is 4.97. The Morgan fingerprint density at radius 2 is 2.00 bits per heavy atom. The fourth-order valence-electron chi connectivity index (χ4n) is 3.43. The quantitative estimate of drug-likeness (QED) is 0.858. The Hall–Kier alpha value is -1.92. The van der Waals surface area contributed by atoms with E-state index >= 15 is 0 Å². The zero-order valence-corrected chi connectivity index (χ0v) is 17.0. The summed E-state index contributed by atoms with van der Waals surface area (Å²) < 4.78 is 0. The zero-order valence-electron chi connectivity index (χ0n) is 16.2. The summed E-state index contributed by atoms with van der Waals surface area (Å²) in [4.78, 5) is 25.4. The molecule has 3 rings (SSSR count). The Morgan fingerprint density at radius 1 is 1.30 bits per heavy atom. The van der Waals surface area contributed by atoms with Crippen LogP contribution in [0.4, 0.5) is 5.82 Å². The van der Waals surface area contributed by atoms with Crippen molar-refractivity contribution in [3.8, 4) is 0 Å². The average molecular weight is 391 g/mol. The van der Waals surface area contributed by atoms with Crippen LogP contribution in [-0.2, 0) is 4.79 Å². The first-order chi connectivity index (χ1) is 12.7. The highest BCUT2D eigenvalue weighted by Crippen LogP contribution is 2.26. The van der Waals surface area contributed by atoms with Crippen LogP contribution in [0.15, 0.2) is 28.9 Å². The Kier molecular flexibility index (Phi) is 5.86. The fourth-order valence-corrected chi connectivity index (χ4v) is 3.62. The van der Waals surface area contributed by atoms with E-state index in [4.69, 9.17) is 11.6 Å². The number of piperazine rings is 1. The number of carbonyl (C=O) groups excluding carboxylic acids is 1. The van der Waals surface area contributed by atoms with E-state index < -0.39 is 5.60 Å². The highest BCUT2D eigenvalue weighted by Gasteiger charge is 2.26. The minimum Gasteiger partial charge on any atom is -0.390 e. The van der Waals surface area contributed by atoms with Crippen molar-refractivity contribution in [3.05, 3.63) is 34.5 Å². The number of nitrogens with zero attached hydrogens (tertiary/aromatic N) is 4. The molecule has 1 saturated heterocycles. The molecule has 146 valence electrons. The van der Waals surface area contributed by atoms with Gasteiger partial charge in [0.2, 0.25) is 5.91 Å². The molecule has 1 aromatic heterocycles. The highest BCUT2D eigenvalue weighted by molar-refractivity contribution is 6.35. The second-order valence-corrected chi connectivity index (χ2v) is 8.19. The lowest BCUT2D eigenvalue weighted by Gasteiger charge is -2.36. The van der Waals surface area contributed by atoms with Gasteiger partial charge in [-0.25, -0.2) is 4.98 Å². The Bertz CT molecular complexity index is 775. The van der Waals surface area contributed by atoms with E-state index in [1.165, 1.54) is 0 Å². The van der Waals surface area contributed by atoms with Crippen molar-refractivity contribution in [2.45, 2.75) is 39.2 Å². The maximum Gasteiger partial charge on any atom is 0.225 e. The van der Waals surface area contributed by atoms with Gasteiger partial charge in [-0.05, 0) is 38.8 Å². The molecule has 0 radical (unpaired) electrons. The fraction of sp³-hybridized carbons (Fsp3) is 0.550. The molecule has 1 N–H and O–H groups in total. The molecule has 1 amide bonds. The van der Waals surface area contributed by atoms with Crippen LogP contribution in [0, 0.1) is 0 Å². The van der Waals surface area contributed by atoms with Gasteiger partial charge < -0.3 is 14.9 Å². The number of halogens is 1. The van der Waals surface area contributed by atoms with E-state index in [2.05, 4.69) is 27.9 Å². The van der Waals surface area contributed by atoms with Crippen molar-refractivity contribution in [1.29, 1.82) is 0 Å². The van der Waals surface area contributed by atoms with Crippen LogP contribution in [0.5, 0.6) is 0 Å². The molecule has 0 unspecified atom stereocenters. The Morgan fingerprint density at radius 3 is 2.63 bits per heavy atom. The maximum atomic E-state index is 12.3. The van der Waals surface area contributed by atoms with E-state index in [1.807, 2.05) is 11.0 Å². The lowest BCUT2D eigenvalue weighted by Crippen LogP contribution is -2.50. The van der Waals surface area contributed by atoms with Gasteiger partial charge in [-0.2, -0.15) is 0 Å². The summed E-state index contributed by atoms with van der Waals surface area (Å²) in [6.45, 7) is 8.79. The molecule has 6 nitrogen and oxygen atoms in total. The molecule has 0 atom stereocenters. The molecule has 7 heteroatoms. The number of anilines is 1. The molecule has 0 saturated carbocycles. The van der Waals surface area contributed by atoms with Gasteiger partial charge in [0.1, 0.15) is 5.82 Å². The molecule has 0 spiro atoms. The minimum absolute atomic E-state index is 0.00997. The number of amides is 1. The molecule has 0 bridgehead atoms. The van der Waals surface area contributed by atoms with Gasteiger partial charge in [-0.3, -0.25) is 9.79 Å². The lowest BCUT2D eigenvalue weighted by atomic mass is 10.0. The number of aromatic nitrogens is 1. The van der Waals surface area contributed by atoms with Crippen molar-refractivity contribution in [1.82, 2.24) is 9.88 Å². The van der Waals surface area contributed by atoms with Gasteiger partial charge in [-0.15, -0.1) is 0 Å². The Balaban J connectivity index is 1.70. The van der Waals surface area contributed by atoms with E-state index in [1.54, 1.807) is 20.0 Å². The number of aliphatic hydroxyl groups is 1. The number of hydrogen-bond donors (Lipinski definition) is 1. The van der Waals surface area contributed by atoms with Crippen molar-refractivity contribution in [2.24, 2.45) is 4.99 Å². The van der Waals surface area contributed by atoms with Crippen molar-refractivity contribution < 1.29 is 9.90 Å². The Labute approximate surface area is 165 Å². The topological polar surface area (TPSA) is 69.0 Å². The van der Waals surface area contributed by atoms with Crippen LogP contribution in [0.1, 0.15) is 39.2 Å². The summed E-state index contributed by atoms with van der Waals surface area (Å²) in [5.74, 6) is 0.842. The standard InChI is InChI=1S/C20H27ClN4O2/c1-14-5-4-6-22-19(14)15-11-17(23-13-16(15)21)24-7-9-25(10-8-24)18(26)12-20(2,3)27/h5,11,13,27H,4,6-10,12H2,1-3H3. The van der Waals surface area contributed by atoms with E-state index in [9.17, 15) is 9.90 Å². The number of pyridine rings is 1. The molecule has 3 heterocycles. The molecule has 0 aromatic carbocycles. The summed E-state index contributed by atoms with van der Waals surface area (Å²) in [5.41, 5.74) is 2.01. The van der Waals surface area contributed by atoms with Crippen LogP contribution in [0.3, 0.4) is 0 Å². The lowest BCUT2D eigenvalue weighted by molar-refractivity contribution is -0.135. The smallest absolute Gasteiger partial charge is 0.225 e. The highest BCUT2D eigenvalue weighted by atomic mass is 35.5. The van der Waals surface area contributed by atoms with Gasteiger partial charge in [-0.1, -0.05) is 17.7 Å². The summed E-state index contributed by atoms with van der Waals surface area (Å²) in [6, 6.07) is 2.00. The summed E-state index contributed by atoms with van der Waals surface area (Å²) in [7, 11) is 0. The first-order valence-electron chi connectivity index (χ1n) is 9.37. The predicted octanol–water partition coefficient (Wildman–Crippen LogP) is 2.68. The first kappa shape index (κ1) is 19.8. The number of hydrogen-bond acceptors (Lipinski definition) is 5. The SMILES string of the molecule is CC1=CCCN=C1c1cc(N2CCN(C(=O)CC(C)(C)O)CC2)ncc1Cl. The van der Waals surface area contributed by atoms with Crippen LogP contribution in [0.2, 0.25) is 5.02 Å². The number of aliphatic imine (C=N–C) groups is 1. The number of allylic oxidation sites excluding steroid dienone is 1. The third kappa shape index (κ3) is 4.87. The second kappa shape index (κ2) is 7.98. The summed E-state index contributed by atoms with van der Waals surface area (Å²) >= 11 is 6.39. The van der Waals surface area contributed by atoms with Crippen molar-refractivity contribution in [3.63, 3.8) is 0 Å². The normalized spacial score (nSPS) is 18.3. The molecule has 1 aromatic rings. The van der Waals surface area contributed by atoms with Gasteiger partial charge in [0.25, 0.3) is 0 Å². The monoisotopic (exact) mass is 390 g/mol. The van der Waals surface area contributed by atoms with Crippen molar-refractivity contribution >= 4 is 29.0 Å². The van der Waals surface area contributed by atoms with Crippen LogP contribution in [0.25, 0.3) is 0 Å². The van der Waals surface area contributed by atoms with E-state index in [0.29, 0.717) is 31.2 Å². The number of rotatable bonds is 4. The van der Waals surface area contributed by atoms with Crippen LogP contribution >= 0.6 is 11.6 Å². The molecule has 0 aliphatic carbocycles. The van der Waals surface area contributed by atoms with E-state index in [-0.39, 0.29) is 12.3 Å². The van der Waals surface area contributed by atoms with Crippen molar-refractivity contribution in [2.75, 3.05) is 37.6 Å². The first-order valence-corrected chi connectivity index (χ1v) is 9.75. The third-order valence-corrected chi connectivity index (χ3v) is 5.16. The van der Waals surface area contributed by atoms with Gasteiger partial charge >= 0.3 is 0 Å². The minimum atomic E-state index is -0.979. The number of dihydropyridines is 1. The molecular formula is C20H27ClN4O2. The largest absolute Gasteiger partial charge is 0.390 e. The number of carbonyl (C=O) groups is 1. The molecular weight excluding hydrogens is 364 g/mol. The predicted molar refractivity (Wildman–Crippen MR) is 109 cm³/mol. The van der Waals surface area contributed by atoms with Gasteiger partial charge in [0.15, 0.2) is 0 Å². The molecule has 27 heavy (non-hydrogen) atoms. The third-order valence-electron chi connectivity index (χ3n) is 4.86. The van der Waals surface area contributed by atoms with E-state index in [0.717, 1.165) is 35.6 Å².